The van der Waals surface area contributed by atoms with Crippen molar-refractivity contribution < 1.29 is 14.3 Å². The largest absolute Gasteiger partial charge is 0.497 e. The number of methoxy groups -OCH3 is 1. The Balaban J connectivity index is 1.76. The number of carbonyl (C=O) groups is 1. The number of rotatable bonds is 5. The summed E-state index contributed by atoms with van der Waals surface area (Å²) in [6.45, 7) is 7.75. The van der Waals surface area contributed by atoms with Crippen LogP contribution in [0.4, 0.5) is 0 Å². The van der Waals surface area contributed by atoms with Gasteiger partial charge in [0.15, 0.2) is 0 Å². The number of hydrogen-bond donors (Lipinski definition) is 1. The van der Waals surface area contributed by atoms with Gasteiger partial charge in [0.05, 0.1) is 7.11 Å². The van der Waals surface area contributed by atoms with E-state index in [0.29, 0.717) is 25.4 Å². The van der Waals surface area contributed by atoms with Crippen LogP contribution in [0, 0.1) is 0 Å². The van der Waals surface area contributed by atoms with Crippen LogP contribution in [0.25, 0.3) is 11.1 Å². The number of nitrogens with one attached hydrogen (secondary N) is 1. The molecule has 1 amide bonds. The van der Waals surface area contributed by atoms with E-state index in [4.69, 9.17) is 9.47 Å². The van der Waals surface area contributed by atoms with Gasteiger partial charge in [-0.15, -0.1) is 0 Å². The average Bonchev–Trinajstić information content (AvgIpc) is 2.97. The Kier molecular flexibility index (Phi) is 6.70. The third kappa shape index (κ3) is 5.37. The van der Waals surface area contributed by atoms with Crippen LogP contribution >= 0.6 is 0 Å². The van der Waals surface area contributed by atoms with Crippen molar-refractivity contribution in [3.8, 4) is 22.6 Å². The molecule has 1 aliphatic rings. The highest BCUT2D eigenvalue weighted by molar-refractivity contribution is 5.85. The number of nitrogens with zero attached hydrogens (tertiary/aromatic N) is 1. The minimum atomic E-state index is -0.499. The maximum Gasteiger partial charge on any atom is 0.242 e. The Bertz CT molecular complexity index is 1110. The Hall–Kier alpha value is -3.31. The first kappa shape index (κ1) is 22.9. The molecule has 0 aromatic heterocycles. The van der Waals surface area contributed by atoms with Gasteiger partial charge in [-0.25, -0.2) is 0 Å². The zero-order valence-electron chi connectivity index (χ0n) is 19.8. The number of amides is 1. The molecule has 0 saturated carbocycles. The summed E-state index contributed by atoms with van der Waals surface area (Å²) in [5.74, 6) is 1.39. The summed E-state index contributed by atoms with van der Waals surface area (Å²) in [7, 11) is 1.64. The molecule has 1 aliphatic heterocycles. The van der Waals surface area contributed by atoms with Gasteiger partial charge in [0.1, 0.15) is 24.1 Å². The predicted molar refractivity (Wildman–Crippen MR) is 131 cm³/mol. The molecule has 0 fully saturated rings. The zero-order valence-corrected chi connectivity index (χ0v) is 19.8. The van der Waals surface area contributed by atoms with E-state index < -0.39 is 6.04 Å². The van der Waals surface area contributed by atoms with Crippen LogP contribution in [0.3, 0.4) is 0 Å². The van der Waals surface area contributed by atoms with Gasteiger partial charge >= 0.3 is 0 Å². The zero-order chi connectivity index (χ0) is 23.4. The molecule has 0 bridgehead atoms. The van der Waals surface area contributed by atoms with Crippen LogP contribution in [0.2, 0.25) is 0 Å². The van der Waals surface area contributed by atoms with Gasteiger partial charge in [0.2, 0.25) is 5.91 Å². The summed E-state index contributed by atoms with van der Waals surface area (Å²) >= 11 is 0. The van der Waals surface area contributed by atoms with Gasteiger partial charge in [0, 0.05) is 24.2 Å². The molecule has 1 heterocycles. The van der Waals surface area contributed by atoms with E-state index in [0.717, 1.165) is 16.9 Å². The summed E-state index contributed by atoms with van der Waals surface area (Å²) in [5.41, 5.74) is 3.98. The lowest BCUT2D eigenvalue weighted by molar-refractivity contribution is -0.128. The van der Waals surface area contributed by atoms with Crippen molar-refractivity contribution in [1.82, 2.24) is 10.2 Å². The topological polar surface area (TPSA) is 50.8 Å². The van der Waals surface area contributed by atoms with Gasteiger partial charge in [-0.2, -0.15) is 0 Å². The van der Waals surface area contributed by atoms with Gasteiger partial charge < -0.3 is 14.8 Å². The Morgan fingerprint density at radius 2 is 1.79 bits per heavy atom. The molecule has 0 spiro atoms. The van der Waals surface area contributed by atoms with Crippen molar-refractivity contribution in [2.45, 2.75) is 38.9 Å². The molecule has 0 aliphatic carbocycles. The molecule has 0 saturated heterocycles. The first-order chi connectivity index (χ1) is 15.9. The molecule has 3 aromatic rings. The lowest BCUT2D eigenvalue weighted by Crippen LogP contribution is -2.47. The van der Waals surface area contributed by atoms with Crippen molar-refractivity contribution in [1.29, 1.82) is 0 Å². The first-order valence-corrected chi connectivity index (χ1v) is 11.4. The summed E-state index contributed by atoms with van der Waals surface area (Å²) in [6, 6.07) is 23.9. The van der Waals surface area contributed by atoms with Crippen LogP contribution in [0.5, 0.6) is 11.5 Å². The monoisotopic (exact) mass is 444 g/mol. The molecular formula is C28H32N2O3. The quantitative estimate of drug-likeness (QED) is 0.587. The van der Waals surface area contributed by atoms with E-state index in [1.54, 1.807) is 7.11 Å². The SMILES string of the molecule is COc1ccc2c(c1)C(C(=O)NC(C)(C)C)N(Cc1ccccc1-c1ccccc1)CCO2. The highest BCUT2D eigenvalue weighted by Crippen LogP contribution is 2.37. The number of ether oxygens (including phenoxy) is 2. The number of hydrogen-bond acceptors (Lipinski definition) is 4. The second-order valence-corrected chi connectivity index (χ2v) is 9.39. The van der Waals surface area contributed by atoms with Crippen LogP contribution in [0.15, 0.2) is 72.8 Å². The van der Waals surface area contributed by atoms with Gasteiger partial charge in [0.25, 0.3) is 0 Å². The van der Waals surface area contributed by atoms with E-state index in [2.05, 4.69) is 46.6 Å². The number of carbonyl (C=O) groups excluding carboxylic acids is 1. The van der Waals surface area contributed by atoms with Crippen LogP contribution in [-0.4, -0.2) is 36.6 Å². The summed E-state index contributed by atoms with van der Waals surface area (Å²) in [5, 5.41) is 3.18. The summed E-state index contributed by atoms with van der Waals surface area (Å²) in [6.07, 6.45) is 0. The Morgan fingerprint density at radius 1 is 1.06 bits per heavy atom. The predicted octanol–water partition coefficient (Wildman–Crippen LogP) is 5.21. The first-order valence-electron chi connectivity index (χ1n) is 11.4. The van der Waals surface area contributed by atoms with Crippen molar-refractivity contribution >= 4 is 5.91 Å². The Morgan fingerprint density at radius 3 is 2.52 bits per heavy atom. The average molecular weight is 445 g/mol. The van der Waals surface area contributed by atoms with Gasteiger partial charge in [-0.05, 0) is 55.7 Å². The van der Waals surface area contributed by atoms with Crippen molar-refractivity contribution in [3.63, 3.8) is 0 Å². The second kappa shape index (κ2) is 9.67. The molecule has 5 heteroatoms. The minimum absolute atomic E-state index is 0.0419. The second-order valence-electron chi connectivity index (χ2n) is 9.39. The smallest absolute Gasteiger partial charge is 0.242 e. The molecule has 4 rings (SSSR count). The maximum atomic E-state index is 13.6. The van der Waals surface area contributed by atoms with Gasteiger partial charge in [-0.1, -0.05) is 54.6 Å². The van der Waals surface area contributed by atoms with Crippen molar-refractivity contribution in [3.05, 3.63) is 83.9 Å². The van der Waals surface area contributed by atoms with Crippen LogP contribution in [-0.2, 0) is 11.3 Å². The summed E-state index contributed by atoms with van der Waals surface area (Å²) in [4.78, 5) is 15.8. The molecule has 3 aromatic carbocycles. The number of benzene rings is 3. The molecule has 1 N–H and O–H groups in total. The molecular weight excluding hydrogens is 412 g/mol. The molecule has 1 atom stereocenters. The van der Waals surface area contributed by atoms with E-state index in [1.165, 1.54) is 11.1 Å². The Labute approximate surface area is 196 Å². The standard InChI is InChI=1S/C28H32N2O3/c1-28(2,3)29-27(31)26-24-18-22(32-4)14-15-25(24)33-17-16-30(26)19-21-12-8-9-13-23(21)20-10-6-5-7-11-20/h5-15,18,26H,16-17,19H2,1-4H3,(H,29,31). The fourth-order valence-corrected chi connectivity index (χ4v) is 4.29. The van der Waals surface area contributed by atoms with E-state index in [1.807, 2.05) is 57.2 Å². The highest BCUT2D eigenvalue weighted by atomic mass is 16.5. The molecule has 0 radical (unpaired) electrons. The van der Waals surface area contributed by atoms with Crippen molar-refractivity contribution in [2.24, 2.45) is 0 Å². The fraction of sp³-hybridized carbons (Fsp3) is 0.321. The molecule has 172 valence electrons. The van der Waals surface area contributed by atoms with E-state index in [-0.39, 0.29) is 11.4 Å². The fourth-order valence-electron chi connectivity index (χ4n) is 4.29. The third-order valence-electron chi connectivity index (χ3n) is 5.73. The summed E-state index contributed by atoms with van der Waals surface area (Å²) < 4.78 is 11.5. The number of fused-ring (bicyclic) bond motifs is 1. The van der Waals surface area contributed by atoms with E-state index in [9.17, 15) is 4.79 Å². The van der Waals surface area contributed by atoms with Gasteiger partial charge in [-0.3, -0.25) is 9.69 Å². The third-order valence-corrected chi connectivity index (χ3v) is 5.73. The van der Waals surface area contributed by atoms with Crippen molar-refractivity contribution in [2.75, 3.05) is 20.3 Å². The van der Waals surface area contributed by atoms with Crippen LogP contribution in [0.1, 0.15) is 37.9 Å². The maximum absolute atomic E-state index is 13.6. The lowest BCUT2D eigenvalue weighted by atomic mass is 9.97. The minimum Gasteiger partial charge on any atom is -0.497 e. The molecule has 1 unspecified atom stereocenters. The highest BCUT2D eigenvalue weighted by Gasteiger charge is 2.35. The normalized spacial score (nSPS) is 16.3. The molecule has 5 nitrogen and oxygen atoms in total. The molecule has 33 heavy (non-hydrogen) atoms. The van der Waals surface area contributed by atoms with Crippen LogP contribution < -0.4 is 14.8 Å². The lowest BCUT2D eigenvalue weighted by Gasteiger charge is -2.32. The van der Waals surface area contributed by atoms with E-state index >= 15 is 0 Å².